The first-order chi connectivity index (χ1) is 5.61. The van der Waals surface area contributed by atoms with Crippen molar-refractivity contribution >= 4 is 17.3 Å². The van der Waals surface area contributed by atoms with Crippen LogP contribution in [-0.2, 0) is 0 Å². The van der Waals surface area contributed by atoms with E-state index in [9.17, 15) is 4.79 Å². The highest BCUT2D eigenvalue weighted by atomic mass is 32.1. The number of carbonyl (C=O) groups is 1. The molecule has 2 N–H and O–H groups in total. The maximum absolute atomic E-state index is 10.4. The van der Waals surface area contributed by atoms with E-state index in [1.807, 2.05) is 0 Å². The predicted octanol–water partition coefficient (Wildman–Crippen LogP) is 1.07. The van der Waals surface area contributed by atoms with Crippen molar-refractivity contribution in [2.75, 3.05) is 7.11 Å². The van der Waals surface area contributed by atoms with Gasteiger partial charge >= 0.3 is 5.97 Å². The van der Waals surface area contributed by atoms with Gasteiger partial charge in [0, 0.05) is 12.0 Å². The fourth-order valence-electron chi connectivity index (χ4n) is 0.727. The van der Waals surface area contributed by atoms with Crippen molar-refractivity contribution in [2.45, 2.75) is 13.8 Å². The number of hydrogen-bond acceptors (Lipinski definition) is 4. The number of aromatic carboxylic acids is 1. The number of carboxylic acids is 1. The molecule has 1 aromatic rings. The van der Waals surface area contributed by atoms with Crippen molar-refractivity contribution in [2.24, 2.45) is 0 Å². The zero-order valence-electron chi connectivity index (χ0n) is 7.16. The lowest BCUT2D eigenvalue weighted by Gasteiger charge is -1.84. The third-order valence-corrected chi connectivity index (χ3v) is 1.99. The lowest BCUT2D eigenvalue weighted by atomic mass is 10.4. The molecule has 1 aromatic heterocycles. The Labute approximate surface area is 74.5 Å². The summed E-state index contributed by atoms with van der Waals surface area (Å²) in [6.45, 7) is 3.55. The van der Waals surface area contributed by atoms with Crippen LogP contribution in [0.4, 0.5) is 0 Å². The van der Waals surface area contributed by atoms with Crippen LogP contribution in [0.1, 0.15) is 20.4 Å². The van der Waals surface area contributed by atoms with Crippen LogP contribution in [0, 0.1) is 13.8 Å². The monoisotopic (exact) mass is 189 g/mol. The van der Waals surface area contributed by atoms with Crippen molar-refractivity contribution < 1.29 is 15.0 Å². The maximum Gasteiger partial charge on any atom is 0.355 e. The lowest BCUT2D eigenvalue weighted by molar-refractivity contribution is 0.0690. The molecule has 0 atom stereocenters. The Morgan fingerprint density at radius 3 is 2.08 bits per heavy atom. The highest BCUT2D eigenvalue weighted by Gasteiger charge is 2.10. The number of carboxylic acid groups (broad SMARTS) is 1. The molecule has 0 saturated carbocycles. The SMILES string of the molecule is CO.Cc1nc(C(=O)O)c(C)s1. The van der Waals surface area contributed by atoms with Crippen molar-refractivity contribution in [3.8, 4) is 0 Å². The molecule has 0 aliphatic carbocycles. The molecule has 0 spiro atoms. The van der Waals surface area contributed by atoms with Gasteiger partial charge in [-0.3, -0.25) is 0 Å². The second kappa shape index (κ2) is 4.84. The Bertz CT molecular complexity index is 270. The van der Waals surface area contributed by atoms with E-state index in [1.165, 1.54) is 11.3 Å². The second-order valence-electron chi connectivity index (χ2n) is 1.94. The first-order valence-corrected chi connectivity index (χ1v) is 4.05. The first-order valence-electron chi connectivity index (χ1n) is 3.23. The predicted molar refractivity (Wildman–Crippen MR) is 46.7 cm³/mol. The van der Waals surface area contributed by atoms with E-state index in [-0.39, 0.29) is 5.69 Å². The highest BCUT2D eigenvalue weighted by Crippen LogP contribution is 2.15. The molecule has 0 aromatic carbocycles. The van der Waals surface area contributed by atoms with Gasteiger partial charge < -0.3 is 10.2 Å². The molecule has 0 radical (unpaired) electrons. The van der Waals surface area contributed by atoms with Gasteiger partial charge in [-0.05, 0) is 13.8 Å². The zero-order chi connectivity index (χ0) is 9.72. The maximum atomic E-state index is 10.4. The summed E-state index contributed by atoms with van der Waals surface area (Å²) in [5, 5.41) is 16.3. The largest absolute Gasteiger partial charge is 0.476 e. The van der Waals surface area contributed by atoms with E-state index in [0.717, 1.165) is 17.0 Å². The summed E-state index contributed by atoms with van der Waals surface area (Å²) in [5.41, 5.74) is 0.183. The topological polar surface area (TPSA) is 70.4 Å². The molecular weight excluding hydrogens is 178 g/mol. The minimum atomic E-state index is -0.943. The number of rotatable bonds is 1. The van der Waals surface area contributed by atoms with Crippen LogP contribution in [-0.4, -0.2) is 28.3 Å². The number of aromatic nitrogens is 1. The average molecular weight is 189 g/mol. The number of aryl methyl sites for hydroxylation is 2. The molecule has 4 nitrogen and oxygen atoms in total. The Kier molecular flexibility index (Phi) is 4.46. The fourth-order valence-corrected chi connectivity index (χ4v) is 1.54. The van der Waals surface area contributed by atoms with E-state index < -0.39 is 5.97 Å². The van der Waals surface area contributed by atoms with Gasteiger partial charge in [0.2, 0.25) is 0 Å². The Morgan fingerprint density at radius 2 is 1.92 bits per heavy atom. The molecule has 12 heavy (non-hydrogen) atoms. The molecule has 1 rings (SSSR count). The minimum absolute atomic E-state index is 0.183. The van der Waals surface area contributed by atoms with Gasteiger partial charge in [-0.25, -0.2) is 9.78 Å². The second-order valence-corrected chi connectivity index (χ2v) is 3.35. The van der Waals surface area contributed by atoms with Crippen LogP contribution >= 0.6 is 11.3 Å². The molecule has 0 fully saturated rings. The Hall–Kier alpha value is -0.940. The van der Waals surface area contributed by atoms with E-state index in [0.29, 0.717) is 0 Å². The van der Waals surface area contributed by atoms with Gasteiger partial charge in [0.1, 0.15) is 0 Å². The van der Waals surface area contributed by atoms with Crippen LogP contribution in [0.3, 0.4) is 0 Å². The van der Waals surface area contributed by atoms with Gasteiger partial charge in [-0.2, -0.15) is 0 Å². The molecule has 0 amide bonds. The molecule has 0 aliphatic heterocycles. The minimum Gasteiger partial charge on any atom is -0.476 e. The van der Waals surface area contributed by atoms with Gasteiger partial charge in [0.15, 0.2) is 5.69 Å². The van der Waals surface area contributed by atoms with Crippen molar-refractivity contribution in [3.05, 3.63) is 15.6 Å². The van der Waals surface area contributed by atoms with Crippen molar-refractivity contribution in [3.63, 3.8) is 0 Å². The number of aliphatic hydroxyl groups is 1. The van der Waals surface area contributed by atoms with Crippen LogP contribution in [0.25, 0.3) is 0 Å². The van der Waals surface area contributed by atoms with Gasteiger partial charge in [-0.1, -0.05) is 0 Å². The average Bonchev–Trinajstić information content (AvgIpc) is 2.34. The molecule has 0 saturated heterocycles. The third-order valence-electron chi connectivity index (χ3n) is 1.11. The normalized spacial score (nSPS) is 8.67. The number of aliphatic hydroxyl groups excluding tert-OH is 1. The van der Waals surface area contributed by atoms with Crippen LogP contribution in [0.2, 0.25) is 0 Å². The fraction of sp³-hybridized carbons (Fsp3) is 0.429. The summed E-state index contributed by atoms with van der Waals surface area (Å²) in [4.78, 5) is 15.0. The molecule has 0 unspecified atom stereocenters. The van der Waals surface area contributed by atoms with E-state index in [4.69, 9.17) is 10.2 Å². The molecule has 68 valence electrons. The third kappa shape index (κ3) is 2.60. The zero-order valence-corrected chi connectivity index (χ0v) is 7.97. The summed E-state index contributed by atoms with van der Waals surface area (Å²) in [5.74, 6) is -0.943. The molecule has 1 heterocycles. The van der Waals surface area contributed by atoms with Crippen LogP contribution in [0.15, 0.2) is 0 Å². The molecule has 0 aliphatic rings. The smallest absolute Gasteiger partial charge is 0.355 e. The highest BCUT2D eigenvalue weighted by molar-refractivity contribution is 7.11. The van der Waals surface area contributed by atoms with E-state index in [1.54, 1.807) is 13.8 Å². The van der Waals surface area contributed by atoms with Gasteiger partial charge in [0.05, 0.1) is 5.01 Å². The molecular formula is C7H11NO3S. The summed E-state index contributed by atoms with van der Waals surface area (Å²) >= 11 is 1.41. The summed E-state index contributed by atoms with van der Waals surface area (Å²) in [6.07, 6.45) is 0. The summed E-state index contributed by atoms with van der Waals surface area (Å²) < 4.78 is 0. The lowest BCUT2D eigenvalue weighted by Crippen LogP contribution is -1.98. The molecule has 5 heteroatoms. The Morgan fingerprint density at radius 1 is 1.42 bits per heavy atom. The number of thiazole rings is 1. The summed E-state index contributed by atoms with van der Waals surface area (Å²) in [7, 11) is 1.00. The quantitative estimate of drug-likeness (QED) is 0.693. The van der Waals surface area contributed by atoms with Crippen molar-refractivity contribution in [1.82, 2.24) is 4.98 Å². The van der Waals surface area contributed by atoms with Crippen LogP contribution in [0.5, 0.6) is 0 Å². The number of hydrogen-bond donors (Lipinski definition) is 2. The van der Waals surface area contributed by atoms with E-state index in [2.05, 4.69) is 4.98 Å². The molecule has 0 bridgehead atoms. The van der Waals surface area contributed by atoms with Gasteiger partial charge in [-0.15, -0.1) is 11.3 Å². The Balaban J connectivity index is 0.000000561. The van der Waals surface area contributed by atoms with Crippen molar-refractivity contribution in [1.29, 1.82) is 0 Å². The number of nitrogens with zero attached hydrogens (tertiary/aromatic N) is 1. The summed E-state index contributed by atoms with van der Waals surface area (Å²) in [6, 6.07) is 0. The first kappa shape index (κ1) is 11.1. The standard InChI is InChI=1S/C6H7NO2S.CH4O/c1-3-5(6(8)9)7-4(2)10-3;1-2/h1-2H3,(H,8,9);2H,1H3. The van der Waals surface area contributed by atoms with Gasteiger partial charge in [0.25, 0.3) is 0 Å². The van der Waals surface area contributed by atoms with Crippen LogP contribution < -0.4 is 0 Å². The van der Waals surface area contributed by atoms with E-state index >= 15 is 0 Å².